The topological polar surface area (TPSA) is 22.2 Å². The first-order valence-electron chi connectivity index (χ1n) is 18.6. The van der Waals surface area contributed by atoms with Gasteiger partial charge in [-0.1, -0.05) is 127 Å². The maximum Gasteiger partial charge on any atom is 0.189 e. The van der Waals surface area contributed by atoms with Gasteiger partial charge in [-0.25, -0.2) is 9.83 Å². The van der Waals surface area contributed by atoms with Crippen molar-refractivity contribution in [3.8, 4) is 39.2 Å². The van der Waals surface area contributed by atoms with Gasteiger partial charge in [0.05, 0.1) is 23.3 Å². The molecule has 3 nitrogen and oxygen atoms in total. The Balaban J connectivity index is 1.01. The van der Waals surface area contributed by atoms with Crippen LogP contribution in [-0.4, -0.2) is 9.55 Å². The molecule has 0 amide bonds. The molecule has 0 atom stereocenters. The molecule has 0 aliphatic carbocycles. The summed E-state index contributed by atoms with van der Waals surface area (Å²) in [6, 6.07) is 67.1. The zero-order valence-electron chi connectivity index (χ0n) is 29.7. The summed E-state index contributed by atoms with van der Waals surface area (Å²) in [5.41, 5.74) is 11.7. The number of hydrogen-bond acceptors (Lipinski definition) is 1. The van der Waals surface area contributed by atoms with E-state index in [9.17, 15) is 0 Å². The predicted molar refractivity (Wildman–Crippen MR) is 231 cm³/mol. The molecular formula is C52H31N3. The lowest BCUT2D eigenvalue weighted by Gasteiger charge is -2.13. The monoisotopic (exact) mass is 697 g/mol. The van der Waals surface area contributed by atoms with Gasteiger partial charge in [0.1, 0.15) is 0 Å². The van der Waals surface area contributed by atoms with Gasteiger partial charge in [0.2, 0.25) is 0 Å². The van der Waals surface area contributed by atoms with Gasteiger partial charge in [-0.2, -0.15) is 0 Å². The summed E-state index contributed by atoms with van der Waals surface area (Å²) in [4.78, 5) is 9.02. The Labute approximate surface area is 317 Å². The molecule has 254 valence electrons. The fourth-order valence-electron chi connectivity index (χ4n) is 8.40. The summed E-state index contributed by atoms with van der Waals surface area (Å²) in [5, 5.41) is 10.7. The van der Waals surface area contributed by atoms with Gasteiger partial charge < -0.3 is 4.57 Å². The maximum absolute atomic E-state index is 7.63. The standard InChI is InChI=1S/C52H31N3/c1-53-42-23-24-44-47-29-39(22-25-50(47)55(51(44)32-42)43-14-6-3-7-15-43)34-18-16-33(17-19-34)38-20-21-40-27-45-46-28-36-12-8-9-13-37(36)31-49(46)54-52(35-10-4-2-5-11-35)48(45)30-41(40)26-38/h2-32H. The number of rotatable bonds is 4. The zero-order chi connectivity index (χ0) is 36.5. The van der Waals surface area contributed by atoms with Gasteiger partial charge >= 0.3 is 0 Å². The van der Waals surface area contributed by atoms with Crippen molar-refractivity contribution in [1.82, 2.24) is 9.55 Å². The second-order valence-electron chi connectivity index (χ2n) is 14.3. The molecule has 0 saturated heterocycles. The van der Waals surface area contributed by atoms with Crippen LogP contribution >= 0.6 is 0 Å². The van der Waals surface area contributed by atoms with Crippen molar-refractivity contribution in [2.75, 3.05) is 0 Å². The first kappa shape index (κ1) is 31.0. The quantitative estimate of drug-likeness (QED) is 0.102. The van der Waals surface area contributed by atoms with Crippen molar-refractivity contribution >= 4 is 70.7 Å². The molecule has 0 spiro atoms. The minimum Gasteiger partial charge on any atom is -0.311 e. The molecule has 11 rings (SSSR count). The molecule has 11 aromatic rings. The van der Waals surface area contributed by atoms with Crippen LogP contribution in [0.2, 0.25) is 0 Å². The summed E-state index contributed by atoms with van der Waals surface area (Å²) in [7, 11) is 0. The minimum absolute atomic E-state index is 0.640. The highest BCUT2D eigenvalue weighted by atomic mass is 15.0. The Morgan fingerprint density at radius 3 is 1.76 bits per heavy atom. The average Bonchev–Trinajstić information content (AvgIpc) is 3.58. The van der Waals surface area contributed by atoms with Crippen LogP contribution in [0.15, 0.2) is 188 Å². The Morgan fingerprint density at radius 2 is 1.00 bits per heavy atom. The van der Waals surface area contributed by atoms with Gasteiger partial charge in [0, 0.05) is 38.3 Å². The van der Waals surface area contributed by atoms with Gasteiger partial charge in [-0.3, -0.25) is 0 Å². The lowest BCUT2D eigenvalue weighted by molar-refractivity contribution is 1.18. The molecule has 0 bridgehead atoms. The molecule has 0 unspecified atom stereocenters. The second-order valence-corrected chi connectivity index (χ2v) is 14.3. The highest BCUT2D eigenvalue weighted by molar-refractivity contribution is 6.18. The number of aromatic nitrogens is 2. The Morgan fingerprint density at radius 1 is 0.382 bits per heavy atom. The number of fused-ring (bicyclic) bond motifs is 8. The fourth-order valence-corrected chi connectivity index (χ4v) is 8.40. The van der Waals surface area contributed by atoms with Crippen LogP contribution in [0.25, 0.3) is 109 Å². The minimum atomic E-state index is 0.640. The maximum atomic E-state index is 7.63. The van der Waals surface area contributed by atoms with E-state index in [0.717, 1.165) is 55.4 Å². The summed E-state index contributed by atoms with van der Waals surface area (Å²) in [6.07, 6.45) is 0. The largest absolute Gasteiger partial charge is 0.311 e. The molecule has 0 saturated carbocycles. The number of hydrogen-bond donors (Lipinski definition) is 0. The van der Waals surface area contributed by atoms with Crippen LogP contribution in [0.5, 0.6) is 0 Å². The highest BCUT2D eigenvalue weighted by Crippen LogP contribution is 2.39. The Bertz CT molecular complexity index is 3350. The molecule has 0 aliphatic heterocycles. The van der Waals surface area contributed by atoms with Crippen molar-refractivity contribution in [2.24, 2.45) is 0 Å². The predicted octanol–water partition coefficient (Wildman–Crippen LogP) is 14.3. The average molecular weight is 698 g/mol. The SMILES string of the molecule is [C-]#[N+]c1ccc2c3cc(-c4ccc(-c5ccc6cc7c(cc6c5)c(-c5ccccc5)nc5cc6ccccc6cc57)cc4)ccc3n(-c3ccccc3)c2c1. The van der Waals surface area contributed by atoms with E-state index in [1.807, 2.05) is 18.2 Å². The summed E-state index contributed by atoms with van der Waals surface area (Å²) in [5.74, 6) is 0. The normalized spacial score (nSPS) is 11.6. The van der Waals surface area contributed by atoms with Gasteiger partial charge in [0.25, 0.3) is 0 Å². The lowest BCUT2D eigenvalue weighted by atomic mass is 9.93. The van der Waals surface area contributed by atoms with E-state index in [4.69, 9.17) is 11.6 Å². The van der Waals surface area contributed by atoms with E-state index in [-0.39, 0.29) is 0 Å². The number of para-hydroxylation sites is 1. The van der Waals surface area contributed by atoms with E-state index >= 15 is 0 Å². The summed E-state index contributed by atoms with van der Waals surface area (Å²) < 4.78 is 2.26. The molecule has 9 aromatic carbocycles. The van der Waals surface area contributed by atoms with Crippen LogP contribution in [0, 0.1) is 6.57 Å². The molecule has 0 fully saturated rings. The zero-order valence-corrected chi connectivity index (χ0v) is 29.7. The van der Waals surface area contributed by atoms with Crippen molar-refractivity contribution in [3.63, 3.8) is 0 Å². The van der Waals surface area contributed by atoms with Gasteiger partial charge in [-0.05, 0) is 110 Å². The first-order chi connectivity index (χ1) is 27.2. The molecule has 55 heavy (non-hydrogen) atoms. The number of benzene rings is 9. The third-order valence-electron chi connectivity index (χ3n) is 11.1. The number of nitrogens with zero attached hydrogens (tertiary/aromatic N) is 3. The molecule has 2 aromatic heterocycles. The highest BCUT2D eigenvalue weighted by Gasteiger charge is 2.16. The van der Waals surface area contributed by atoms with E-state index in [2.05, 4.69) is 179 Å². The fraction of sp³-hybridized carbons (Fsp3) is 0. The number of pyridine rings is 1. The molecule has 2 heterocycles. The van der Waals surface area contributed by atoms with Crippen molar-refractivity contribution in [3.05, 3.63) is 199 Å². The summed E-state index contributed by atoms with van der Waals surface area (Å²) in [6.45, 7) is 7.63. The second kappa shape index (κ2) is 12.3. The van der Waals surface area contributed by atoms with Crippen LogP contribution < -0.4 is 0 Å². The van der Waals surface area contributed by atoms with Crippen molar-refractivity contribution in [1.29, 1.82) is 0 Å². The smallest absolute Gasteiger partial charge is 0.189 e. The van der Waals surface area contributed by atoms with Crippen LogP contribution in [0.1, 0.15) is 0 Å². The lowest BCUT2D eigenvalue weighted by Crippen LogP contribution is -1.92. The van der Waals surface area contributed by atoms with Crippen LogP contribution in [-0.2, 0) is 0 Å². The Hall–Kier alpha value is -7.54. The van der Waals surface area contributed by atoms with E-state index in [1.165, 1.54) is 48.8 Å². The van der Waals surface area contributed by atoms with E-state index in [1.54, 1.807) is 0 Å². The third kappa shape index (κ3) is 5.08. The molecule has 0 aliphatic rings. The first-order valence-corrected chi connectivity index (χ1v) is 18.6. The molecule has 0 radical (unpaired) electrons. The molecule has 0 N–H and O–H groups in total. The van der Waals surface area contributed by atoms with Crippen molar-refractivity contribution < 1.29 is 0 Å². The third-order valence-corrected chi connectivity index (χ3v) is 11.1. The Kier molecular flexibility index (Phi) is 6.92. The summed E-state index contributed by atoms with van der Waals surface area (Å²) >= 11 is 0. The molecule has 3 heteroatoms. The van der Waals surface area contributed by atoms with Crippen LogP contribution in [0.4, 0.5) is 5.69 Å². The molecular weight excluding hydrogens is 667 g/mol. The van der Waals surface area contributed by atoms with Crippen LogP contribution in [0.3, 0.4) is 0 Å². The van der Waals surface area contributed by atoms with Gasteiger partial charge in [-0.15, -0.1) is 0 Å². The van der Waals surface area contributed by atoms with E-state index in [0.29, 0.717) is 5.69 Å². The van der Waals surface area contributed by atoms with Crippen molar-refractivity contribution in [2.45, 2.75) is 0 Å². The van der Waals surface area contributed by atoms with E-state index < -0.39 is 0 Å². The van der Waals surface area contributed by atoms with Gasteiger partial charge in [0.15, 0.2) is 5.69 Å².